The normalized spacial score (nSPS) is 10.5. The van der Waals surface area contributed by atoms with Crippen LogP contribution in [0.2, 0.25) is 0 Å². The second kappa shape index (κ2) is 8.24. The average Bonchev–Trinajstić information content (AvgIpc) is 3.18. The Balaban J connectivity index is 1.61. The summed E-state index contributed by atoms with van der Waals surface area (Å²) in [5, 5.41) is 10.4. The minimum Gasteiger partial charge on any atom is -0.495 e. The number of carbonyl (C=O) groups excluding carboxylic acids is 1. The first-order valence-corrected chi connectivity index (χ1v) is 8.23. The van der Waals surface area contributed by atoms with E-state index in [0.717, 1.165) is 11.3 Å². The van der Waals surface area contributed by atoms with Gasteiger partial charge >= 0.3 is 0 Å². The third-order valence-corrected chi connectivity index (χ3v) is 3.96. The van der Waals surface area contributed by atoms with Gasteiger partial charge in [0.25, 0.3) is 0 Å². The molecule has 0 spiro atoms. The second-order valence-electron chi connectivity index (χ2n) is 5.78. The largest absolute Gasteiger partial charge is 0.495 e. The molecule has 134 valence electrons. The molecule has 1 heterocycles. The van der Waals surface area contributed by atoms with Crippen molar-refractivity contribution in [2.24, 2.45) is 0 Å². The number of ether oxygens (including phenoxy) is 1. The van der Waals surface area contributed by atoms with Gasteiger partial charge in [-0.3, -0.25) is 9.36 Å². The van der Waals surface area contributed by atoms with Gasteiger partial charge in [-0.2, -0.15) is 0 Å². The highest BCUT2D eigenvalue weighted by Gasteiger charge is 2.10. The molecular weight excluding hydrogens is 335 g/mol. The molecular formula is C19H19FN4O2. The molecule has 0 saturated carbocycles. The highest BCUT2D eigenvalue weighted by atomic mass is 19.1. The summed E-state index contributed by atoms with van der Waals surface area (Å²) in [4.78, 5) is 12.3. The monoisotopic (exact) mass is 354 g/mol. The van der Waals surface area contributed by atoms with Crippen LogP contribution in [0.5, 0.6) is 5.75 Å². The van der Waals surface area contributed by atoms with Crippen LogP contribution in [0.15, 0.2) is 55.1 Å². The van der Waals surface area contributed by atoms with Gasteiger partial charge in [0.15, 0.2) is 0 Å². The van der Waals surface area contributed by atoms with Crippen molar-refractivity contribution in [2.75, 3.05) is 12.4 Å². The van der Waals surface area contributed by atoms with Crippen LogP contribution in [0, 0.1) is 5.82 Å². The first kappa shape index (κ1) is 17.6. The maximum Gasteiger partial charge on any atom is 0.224 e. The van der Waals surface area contributed by atoms with E-state index in [1.807, 2.05) is 6.07 Å². The molecule has 7 heteroatoms. The van der Waals surface area contributed by atoms with Gasteiger partial charge in [0.1, 0.15) is 24.2 Å². The SMILES string of the molecule is COc1ccc(-n2cnnc2)cc1NC(=O)CCCc1ccc(F)cc1. The van der Waals surface area contributed by atoms with E-state index in [-0.39, 0.29) is 11.7 Å². The van der Waals surface area contributed by atoms with Crippen LogP contribution in [0.3, 0.4) is 0 Å². The van der Waals surface area contributed by atoms with Gasteiger partial charge in [0.05, 0.1) is 18.5 Å². The van der Waals surface area contributed by atoms with E-state index in [9.17, 15) is 9.18 Å². The number of hydrogen-bond acceptors (Lipinski definition) is 4. The molecule has 2 aromatic carbocycles. The zero-order valence-electron chi connectivity index (χ0n) is 14.4. The molecule has 26 heavy (non-hydrogen) atoms. The lowest BCUT2D eigenvalue weighted by Gasteiger charge is -2.12. The summed E-state index contributed by atoms with van der Waals surface area (Å²) in [6, 6.07) is 11.8. The predicted octanol–water partition coefficient (Wildman–Crippen LogP) is 3.38. The maximum atomic E-state index is 12.9. The number of aryl methyl sites for hydroxylation is 1. The van der Waals surface area contributed by atoms with Gasteiger partial charge in [-0.25, -0.2) is 4.39 Å². The second-order valence-corrected chi connectivity index (χ2v) is 5.78. The summed E-state index contributed by atoms with van der Waals surface area (Å²) in [6.07, 6.45) is 4.90. The quantitative estimate of drug-likeness (QED) is 0.706. The lowest BCUT2D eigenvalue weighted by atomic mass is 10.1. The van der Waals surface area contributed by atoms with Gasteiger partial charge < -0.3 is 10.1 Å². The topological polar surface area (TPSA) is 69.0 Å². The Hall–Kier alpha value is -3.22. The fourth-order valence-electron chi connectivity index (χ4n) is 2.61. The number of rotatable bonds is 7. The molecule has 0 atom stereocenters. The predicted molar refractivity (Wildman–Crippen MR) is 95.9 cm³/mol. The Morgan fingerprint density at radius 3 is 2.58 bits per heavy atom. The Morgan fingerprint density at radius 1 is 1.15 bits per heavy atom. The first-order valence-electron chi connectivity index (χ1n) is 8.23. The van der Waals surface area contributed by atoms with Crippen molar-refractivity contribution in [1.82, 2.24) is 14.8 Å². The van der Waals surface area contributed by atoms with Crippen molar-refractivity contribution in [2.45, 2.75) is 19.3 Å². The van der Waals surface area contributed by atoms with Crippen LogP contribution in [0.1, 0.15) is 18.4 Å². The summed E-state index contributed by atoms with van der Waals surface area (Å²) < 4.78 is 20.0. The molecule has 6 nitrogen and oxygen atoms in total. The number of carbonyl (C=O) groups is 1. The van der Waals surface area contributed by atoms with E-state index in [1.54, 1.807) is 48.6 Å². The summed E-state index contributed by atoms with van der Waals surface area (Å²) in [5.41, 5.74) is 2.41. The molecule has 0 saturated heterocycles. The molecule has 1 amide bonds. The van der Waals surface area contributed by atoms with Gasteiger partial charge in [-0.15, -0.1) is 10.2 Å². The minimum absolute atomic E-state index is 0.105. The lowest BCUT2D eigenvalue weighted by molar-refractivity contribution is -0.116. The smallest absolute Gasteiger partial charge is 0.224 e. The third kappa shape index (κ3) is 4.44. The highest BCUT2D eigenvalue weighted by molar-refractivity contribution is 5.92. The number of benzene rings is 2. The maximum absolute atomic E-state index is 12.9. The standard InChI is InChI=1S/C19H19FN4O2/c1-26-18-10-9-16(24-12-21-22-13-24)11-17(18)23-19(25)4-2-3-14-5-7-15(20)8-6-14/h5-13H,2-4H2,1H3,(H,23,25). The number of halogens is 1. The van der Waals surface area contributed by atoms with Crippen molar-refractivity contribution in [3.05, 3.63) is 66.5 Å². The molecule has 1 N–H and O–H groups in total. The molecule has 0 aliphatic rings. The van der Waals surface area contributed by atoms with Gasteiger partial charge in [-0.05, 0) is 48.7 Å². The number of anilines is 1. The number of nitrogens with zero attached hydrogens (tertiary/aromatic N) is 3. The summed E-state index contributed by atoms with van der Waals surface area (Å²) in [6.45, 7) is 0. The van der Waals surface area contributed by atoms with Crippen LogP contribution >= 0.6 is 0 Å². The molecule has 0 fully saturated rings. The van der Waals surface area contributed by atoms with Gasteiger partial charge in [-0.1, -0.05) is 12.1 Å². The van der Waals surface area contributed by atoms with Crippen LogP contribution in [0.25, 0.3) is 5.69 Å². The van der Waals surface area contributed by atoms with E-state index < -0.39 is 0 Å². The Morgan fingerprint density at radius 2 is 1.88 bits per heavy atom. The fraction of sp³-hybridized carbons (Fsp3) is 0.211. The third-order valence-electron chi connectivity index (χ3n) is 3.96. The average molecular weight is 354 g/mol. The highest BCUT2D eigenvalue weighted by Crippen LogP contribution is 2.27. The van der Waals surface area contributed by atoms with Crippen LogP contribution in [-0.2, 0) is 11.2 Å². The number of methoxy groups -OCH3 is 1. The molecule has 3 aromatic rings. The zero-order chi connectivity index (χ0) is 18.4. The van der Waals surface area contributed by atoms with E-state index >= 15 is 0 Å². The van der Waals surface area contributed by atoms with Crippen LogP contribution < -0.4 is 10.1 Å². The van der Waals surface area contributed by atoms with E-state index in [1.165, 1.54) is 12.1 Å². The fourth-order valence-corrected chi connectivity index (χ4v) is 2.61. The summed E-state index contributed by atoms with van der Waals surface area (Å²) in [5.74, 6) is 0.214. The number of hydrogen-bond donors (Lipinski definition) is 1. The Bertz CT molecular complexity index is 864. The van der Waals surface area contributed by atoms with Crippen molar-refractivity contribution in [1.29, 1.82) is 0 Å². The molecule has 0 bridgehead atoms. The van der Waals surface area contributed by atoms with E-state index in [4.69, 9.17) is 4.74 Å². The molecule has 3 rings (SSSR count). The molecule has 1 aromatic heterocycles. The van der Waals surface area contributed by atoms with E-state index in [0.29, 0.717) is 30.7 Å². The van der Waals surface area contributed by atoms with Crippen molar-refractivity contribution < 1.29 is 13.9 Å². The van der Waals surface area contributed by atoms with Crippen molar-refractivity contribution in [3.63, 3.8) is 0 Å². The van der Waals surface area contributed by atoms with Crippen molar-refractivity contribution in [3.8, 4) is 11.4 Å². The number of aromatic nitrogens is 3. The molecule has 0 aliphatic carbocycles. The van der Waals surface area contributed by atoms with Crippen LogP contribution in [0.4, 0.5) is 10.1 Å². The lowest BCUT2D eigenvalue weighted by Crippen LogP contribution is -2.12. The molecule has 0 unspecified atom stereocenters. The van der Waals surface area contributed by atoms with Crippen molar-refractivity contribution >= 4 is 11.6 Å². The summed E-state index contributed by atoms with van der Waals surface area (Å²) in [7, 11) is 1.55. The Kier molecular flexibility index (Phi) is 5.58. The Labute approximate surface area is 150 Å². The van der Waals surface area contributed by atoms with Gasteiger partial charge in [0, 0.05) is 6.42 Å². The minimum atomic E-state index is -0.258. The molecule has 0 radical (unpaired) electrons. The number of nitrogens with one attached hydrogen (secondary N) is 1. The molecule has 0 aliphatic heterocycles. The van der Waals surface area contributed by atoms with E-state index in [2.05, 4.69) is 15.5 Å². The zero-order valence-corrected chi connectivity index (χ0v) is 14.4. The summed E-state index contributed by atoms with van der Waals surface area (Å²) >= 11 is 0. The number of amides is 1. The van der Waals surface area contributed by atoms with Gasteiger partial charge in [0.2, 0.25) is 5.91 Å². The first-order chi connectivity index (χ1) is 12.7. The van der Waals surface area contributed by atoms with Crippen LogP contribution in [-0.4, -0.2) is 27.8 Å².